The molecule has 0 saturated heterocycles. The number of nitriles is 1. The van der Waals surface area contributed by atoms with Crippen molar-refractivity contribution >= 4 is 5.91 Å². The highest BCUT2D eigenvalue weighted by molar-refractivity contribution is 5.81. The molecule has 0 radical (unpaired) electrons. The van der Waals surface area contributed by atoms with Gasteiger partial charge in [-0.1, -0.05) is 6.92 Å². The maximum absolute atomic E-state index is 12.1. The number of carbonyl (C=O) groups is 1. The molecule has 0 aromatic rings. The molecular formula is C13H20N2O2. The molecule has 4 heteroatoms. The third-order valence-electron chi connectivity index (χ3n) is 4.41. The molecule has 0 aliphatic heterocycles. The number of nitrogens with zero attached hydrogens (tertiary/aromatic N) is 1. The summed E-state index contributed by atoms with van der Waals surface area (Å²) < 4.78 is 0. The van der Waals surface area contributed by atoms with E-state index >= 15 is 0 Å². The van der Waals surface area contributed by atoms with Crippen LogP contribution >= 0.6 is 0 Å². The summed E-state index contributed by atoms with van der Waals surface area (Å²) in [7, 11) is 0. The highest BCUT2D eigenvalue weighted by atomic mass is 16.3. The van der Waals surface area contributed by atoms with Crippen molar-refractivity contribution in [2.45, 2.75) is 57.1 Å². The third kappa shape index (κ3) is 2.16. The lowest BCUT2D eigenvalue weighted by atomic mass is 9.89. The summed E-state index contributed by atoms with van der Waals surface area (Å²) >= 11 is 0. The summed E-state index contributed by atoms with van der Waals surface area (Å²) in [4.78, 5) is 12.1. The van der Waals surface area contributed by atoms with Crippen LogP contribution in [0, 0.1) is 23.2 Å². The lowest BCUT2D eigenvalue weighted by molar-refractivity contribution is -0.129. The lowest BCUT2D eigenvalue weighted by Crippen LogP contribution is -2.52. The van der Waals surface area contributed by atoms with E-state index in [1.165, 1.54) is 0 Å². The third-order valence-corrected chi connectivity index (χ3v) is 4.41. The Morgan fingerprint density at radius 3 is 2.65 bits per heavy atom. The van der Waals surface area contributed by atoms with E-state index in [4.69, 9.17) is 0 Å². The van der Waals surface area contributed by atoms with E-state index < -0.39 is 11.6 Å². The van der Waals surface area contributed by atoms with Gasteiger partial charge in [-0.3, -0.25) is 4.79 Å². The number of amides is 1. The Kier molecular flexibility index (Phi) is 3.39. The fraction of sp³-hybridized carbons (Fsp3) is 0.846. The number of rotatable bonds is 2. The van der Waals surface area contributed by atoms with E-state index in [0.717, 1.165) is 32.1 Å². The zero-order valence-corrected chi connectivity index (χ0v) is 10.3. The standard InChI is InChI=1S/C13H20N2O2/c1-9-4-3-7-13(9,8-14)15-12(17)10-5-2-6-11(10)16/h9-11,16H,2-7H2,1H3,(H,15,17). The van der Waals surface area contributed by atoms with Gasteiger partial charge in [0.15, 0.2) is 0 Å². The molecule has 1 amide bonds. The summed E-state index contributed by atoms with van der Waals surface area (Å²) in [6.07, 6.45) is 4.52. The molecule has 2 aliphatic carbocycles. The molecule has 0 aromatic carbocycles. The largest absolute Gasteiger partial charge is 0.392 e. The van der Waals surface area contributed by atoms with Crippen LogP contribution in [0.3, 0.4) is 0 Å². The first kappa shape index (κ1) is 12.4. The summed E-state index contributed by atoms with van der Waals surface area (Å²) in [5, 5.41) is 21.9. The Morgan fingerprint density at radius 1 is 1.41 bits per heavy atom. The van der Waals surface area contributed by atoms with Crippen LogP contribution in [0.15, 0.2) is 0 Å². The maximum atomic E-state index is 12.1. The normalized spacial score (nSPS) is 41.1. The Morgan fingerprint density at radius 2 is 2.18 bits per heavy atom. The van der Waals surface area contributed by atoms with Gasteiger partial charge in [0, 0.05) is 0 Å². The quantitative estimate of drug-likeness (QED) is 0.760. The predicted octanol–water partition coefficient (Wildman–Crippen LogP) is 1.35. The molecule has 4 unspecified atom stereocenters. The van der Waals surface area contributed by atoms with Crippen LogP contribution in [0.5, 0.6) is 0 Å². The van der Waals surface area contributed by atoms with Crippen molar-refractivity contribution < 1.29 is 9.90 Å². The summed E-state index contributed by atoms with van der Waals surface area (Å²) in [5.41, 5.74) is -0.695. The van der Waals surface area contributed by atoms with E-state index in [1.807, 2.05) is 6.92 Å². The smallest absolute Gasteiger partial charge is 0.226 e. The predicted molar refractivity (Wildman–Crippen MR) is 62.8 cm³/mol. The van der Waals surface area contributed by atoms with Gasteiger partial charge in [-0.05, 0) is 44.4 Å². The second-order valence-electron chi connectivity index (χ2n) is 5.47. The molecule has 2 N–H and O–H groups in total. The number of aliphatic hydroxyl groups is 1. The molecule has 0 spiro atoms. The van der Waals surface area contributed by atoms with Crippen LogP contribution in [0.2, 0.25) is 0 Å². The number of hydrogen-bond acceptors (Lipinski definition) is 3. The summed E-state index contributed by atoms with van der Waals surface area (Å²) in [5.74, 6) is -0.242. The molecule has 2 fully saturated rings. The minimum absolute atomic E-state index is 0.134. The van der Waals surface area contributed by atoms with Gasteiger partial charge in [0.25, 0.3) is 0 Å². The Labute approximate surface area is 102 Å². The molecule has 94 valence electrons. The number of nitrogens with one attached hydrogen (secondary N) is 1. The zero-order chi connectivity index (χ0) is 12.5. The SMILES string of the molecule is CC1CCCC1(C#N)NC(=O)C1CCCC1O. The fourth-order valence-corrected chi connectivity index (χ4v) is 3.12. The Hall–Kier alpha value is -1.08. The molecule has 0 heterocycles. The van der Waals surface area contributed by atoms with E-state index in [-0.39, 0.29) is 17.7 Å². The first-order chi connectivity index (χ1) is 8.09. The number of carbonyl (C=O) groups excluding carboxylic acids is 1. The van der Waals surface area contributed by atoms with Crippen LogP contribution in [0.4, 0.5) is 0 Å². The van der Waals surface area contributed by atoms with E-state index in [1.54, 1.807) is 0 Å². The van der Waals surface area contributed by atoms with Gasteiger partial charge in [-0.2, -0.15) is 5.26 Å². The first-order valence-corrected chi connectivity index (χ1v) is 6.50. The average Bonchev–Trinajstić information content (AvgIpc) is 2.87. The molecule has 0 bridgehead atoms. The number of aliphatic hydroxyl groups excluding tert-OH is 1. The summed E-state index contributed by atoms with van der Waals surface area (Å²) in [6, 6.07) is 2.28. The van der Waals surface area contributed by atoms with Crippen molar-refractivity contribution in [2.75, 3.05) is 0 Å². The van der Waals surface area contributed by atoms with Crippen LogP contribution in [0.25, 0.3) is 0 Å². The Balaban J connectivity index is 2.04. The van der Waals surface area contributed by atoms with Crippen LogP contribution in [-0.4, -0.2) is 22.7 Å². The minimum Gasteiger partial charge on any atom is -0.392 e. The van der Waals surface area contributed by atoms with Crippen molar-refractivity contribution in [3.63, 3.8) is 0 Å². The second-order valence-corrected chi connectivity index (χ2v) is 5.47. The van der Waals surface area contributed by atoms with Crippen LogP contribution in [-0.2, 0) is 4.79 Å². The maximum Gasteiger partial charge on any atom is 0.226 e. The molecule has 4 atom stereocenters. The van der Waals surface area contributed by atoms with Gasteiger partial charge >= 0.3 is 0 Å². The van der Waals surface area contributed by atoms with Crippen molar-refractivity contribution in [3.8, 4) is 6.07 Å². The lowest BCUT2D eigenvalue weighted by Gasteiger charge is -2.29. The molecular weight excluding hydrogens is 216 g/mol. The number of hydrogen-bond donors (Lipinski definition) is 2. The van der Waals surface area contributed by atoms with Crippen LogP contribution in [0.1, 0.15) is 45.4 Å². The van der Waals surface area contributed by atoms with Gasteiger partial charge in [0.05, 0.1) is 18.1 Å². The van der Waals surface area contributed by atoms with Crippen molar-refractivity contribution in [3.05, 3.63) is 0 Å². The minimum atomic E-state index is -0.695. The topological polar surface area (TPSA) is 73.1 Å². The van der Waals surface area contributed by atoms with Crippen molar-refractivity contribution in [1.29, 1.82) is 5.26 Å². The highest BCUT2D eigenvalue weighted by Gasteiger charge is 2.44. The van der Waals surface area contributed by atoms with E-state index in [9.17, 15) is 15.2 Å². The van der Waals surface area contributed by atoms with Gasteiger partial charge < -0.3 is 10.4 Å². The van der Waals surface area contributed by atoms with Gasteiger partial charge in [0.1, 0.15) is 5.54 Å². The van der Waals surface area contributed by atoms with Gasteiger partial charge in [-0.15, -0.1) is 0 Å². The molecule has 4 nitrogen and oxygen atoms in total. The molecule has 2 aliphatic rings. The van der Waals surface area contributed by atoms with Crippen molar-refractivity contribution in [2.24, 2.45) is 11.8 Å². The zero-order valence-electron chi connectivity index (χ0n) is 10.3. The monoisotopic (exact) mass is 236 g/mol. The second kappa shape index (κ2) is 4.66. The van der Waals surface area contributed by atoms with Crippen molar-refractivity contribution in [1.82, 2.24) is 5.32 Å². The first-order valence-electron chi connectivity index (χ1n) is 6.50. The Bertz CT molecular complexity index is 350. The molecule has 0 aromatic heterocycles. The molecule has 2 saturated carbocycles. The van der Waals surface area contributed by atoms with Crippen LogP contribution < -0.4 is 5.32 Å². The van der Waals surface area contributed by atoms with Gasteiger partial charge in [0.2, 0.25) is 5.91 Å². The fourth-order valence-electron chi connectivity index (χ4n) is 3.12. The summed E-state index contributed by atoms with van der Waals surface area (Å²) in [6.45, 7) is 2.02. The van der Waals surface area contributed by atoms with E-state index in [0.29, 0.717) is 6.42 Å². The van der Waals surface area contributed by atoms with E-state index in [2.05, 4.69) is 11.4 Å². The molecule has 17 heavy (non-hydrogen) atoms. The average molecular weight is 236 g/mol. The highest BCUT2D eigenvalue weighted by Crippen LogP contribution is 2.36. The molecule has 2 rings (SSSR count). The van der Waals surface area contributed by atoms with Gasteiger partial charge in [-0.25, -0.2) is 0 Å².